The highest BCUT2D eigenvalue weighted by Crippen LogP contribution is 2.27. The number of benzene rings is 3. The minimum Gasteiger partial charge on any atom is -0.490 e. The molecule has 1 atom stereocenters. The van der Waals surface area contributed by atoms with Gasteiger partial charge in [-0.05, 0) is 56.2 Å². The smallest absolute Gasteiger partial charge is 0.185 e. The molecule has 0 bridgehead atoms. The third kappa shape index (κ3) is 8.71. The number of nitrogens with one attached hydrogen (secondary N) is 1. The fourth-order valence-electron chi connectivity index (χ4n) is 3.25. The fraction of sp³-hybridized carbons (Fsp3) is 0.300. The van der Waals surface area contributed by atoms with E-state index in [1.54, 1.807) is 18.2 Å². The van der Waals surface area contributed by atoms with Crippen LogP contribution in [0.25, 0.3) is 6.08 Å². The maximum atomic E-state index is 12.6. The second-order valence-corrected chi connectivity index (χ2v) is 9.12. The first-order valence-corrected chi connectivity index (χ1v) is 12.0. The van der Waals surface area contributed by atoms with Crippen molar-refractivity contribution in [1.29, 1.82) is 0 Å². The minimum absolute atomic E-state index is 0.0512. The number of allylic oxidation sites excluding steroid dienone is 1. The normalized spacial score (nSPS) is 12.5. The molecular weight excluding hydrogens is 438 g/mol. The summed E-state index contributed by atoms with van der Waals surface area (Å²) in [6, 6.07) is 24.5. The Labute approximate surface area is 208 Å². The van der Waals surface area contributed by atoms with Crippen LogP contribution in [0.1, 0.15) is 48.7 Å². The van der Waals surface area contributed by atoms with Crippen LogP contribution < -0.4 is 14.8 Å². The molecule has 0 saturated heterocycles. The zero-order valence-corrected chi connectivity index (χ0v) is 20.7. The second-order valence-electron chi connectivity index (χ2n) is 9.12. The molecule has 0 aliphatic heterocycles. The summed E-state index contributed by atoms with van der Waals surface area (Å²) in [5.74, 6) is 1.14. The lowest BCUT2D eigenvalue weighted by molar-refractivity contribution is 0.0983. The number of ether oxygens (including phenoxy) is 2. The summed E-state index contributed by atoms with van der Waals surface area (Å²) in [7, 11) is 0. The molecular formula is C30H35NO4. The van der Waals surface area contributed by atoms with Crippen LogP contribution >= 0.6 is 0 Å². The number of carbonyl (C=O) groups is 1. The predicted molar refractivity (Wildman–Crippen MR) is 141 cm³/mol. The summed E-state index contributed by atoms with van der Waals surface area (Å²) >= 11 is 0. The lowest BCUT2D eigenvalue weighted by Gasteiger charge is -2.26. The van der Waals surface area contributed by atoms with Crippen molar-refractivity contribution >= 4 is 11.9 Å². The van der Waals surface area contributed by atoms with E-state index in [1.165, 1.54) is 6.08 Å². The van der Waals surface area contributed by atoms with Crippen molar-refractivity contribution in [2.45, 2.75) is 45.4 Å². The summed E-state index contributed by atoms with van der Waals surface area (Å²) in [5.41, 5.74) is 2.33. The second kappa shape index (κ2) is 12.9. The monoisotopic (exact) mass is 473 g/mol. The van der Waals surface area contributed by atoms with E-state index in [1.807, 2.05) is 66.7 Å². The van der Waals surface area contributed by atoms with Gasteiger partial charge >= 0.3 is 0 Å². The fourth-order valence-corrected chi connectivity index (χ4v) is 3.25. The number of ketones is 1. The first kappa shape index (κ1) is 26.2. The molecule has 5 nitrogen and oxygen atoms in total. The van der Waals surface area contributed by atoms with Crippen molar-refractivity contribution in [3.8, 4) is 11.5 Å². The molecule has 184 valence electrons. The largest absolute Gasteiger partial charge is 0.490 e. The molecule has 2 N–H and O–H groups in total. The molecule has 5 heteroatoms. The standard InChI is InChI=1S/C30H35NO4/c1-4-30(2,3)31-20-26(32)22-35-29-18-16-27(34-21-23-11-7-5-8-12-23)19-25(29)15-17-28(33)24-13-9-6-10-14-24/h5-19,26,31-32H,4,20-22H2,1-3H3. The van der Waals surface area contributed by atoms with Crippen LogP contribution in [0, 0.1) is 0 Å². The van der Waals surface area contributed by atoms with Gasteiger partial charge in [0.15, 0.2) is 5.78 Å². The molecule has 0 aliphatic rings. The van der Waals surface area contributed by atoms with Gasteiger partial charge in [0.05, 0.1) is 0 Å². The summed E-state index contributed by atoms with van der Waals surface area (Å²) in [6.07, 6.45) is 3.54. The molecule has 0 aliphatic carbocycles. The van der Waals surface area contributed by atoms with Crippen LogP contribution in [0.3, 0.4) is 0 Å². The summed E-state index contributed by atoms with van der Waals surface area (Å²) in [4.78, 5) is 12.6. The number of aliphatic hydroxyl groups is 1. The van der Waals surface area contributed by atoms with Crippen LogP contribution in [-0.4, -0.2) is 35.7 Å². The molecule has 0 amide bonds. The van der Waals surface area contributed by atoms with Crippen molar-refractivity contribution in [3.05, 3.63) is 102 Å². The van der Waals surface area contributed by atoms with Gasteiger partial charge in [0.1, 0.15) is 30.8 Å². The Bertz CT molecular complexity index is 1090. The molecule has 1 unspecified atom stereocenters. The number of β-amino-alcohol motifs (C(OH)–C–C–N with tert-alkyl or cyclic N) is 1. The van der Waals surface area contributed by atoms with Crippen molar-refractivity contribution in [2.75, 3.05) is 13.2 Å². The topological polar surface area (TPSA) is 67.8 Å². The summed E-state index contributed by atoms with van der Waals surface area (Å²) in [5, 5.41) is 13.8. The van der Waals surface area contributed by atoms with E-state index in [0.717, 1.165) is 12.0 Å². The Morgan fingerprint density at radius 3 is 2.37 bits per heavy atom. The van der Waals surface area contributed by atoms with Crippen LogP contribution in [0.2, 0.25) is 0 Å². The van der Waals surface area contributed by atoms with Crippen LogP contribution in [0.4, 0.5) is 0 Å². The molecule has 3 rings (SSSR count). The van der Waals surface area contributed by atoms with E-state index < -0.39 is 6.10 Å². The van der Waals surface area contributed by atoms with Gasteiger partial charge in [-0.3, -0.25) is 4.79 Å². The van der Waals surface area contributed by atoms with E-state index in [-0.39, 0.29) is 17.9 Å². The van der Waals surface area contributed by atoms with E-state index in [9.17, 15) is 9.90 Å². The molecule has 3 aromatic rings. The van der Waals surface area contributed by atoms with Crippen molar-refractivity contribution in [3.63, 3.8) is 0 Å². The van der Waals surface area contributed by atoms with E-state index >= 15 is 0 Å². The zero-order valence-electron chi connectivity index (χ0n) is 20.7. The van der Waals surface area contributed by atoms with Crippen molar-refractivity contribution in [2.24, 2.45) is 0 Å². The number of hydrogen-bond donors (Lipinski definition) is 2. The van der Waals surface area contributed by atoms with Crippen LogP contribution in [0.15, 0.2) is 84.9 Å². The summed E-state index contributed by atoms with van der Waals surface area (Å²) < 4.78 is 11.9. The SMILES string of the molecule is CCC(C)(C)NCC(O)COc1ccc(OCc2ccccc2)cc1C=CC(=O)c1ccccc1. The van der Waals surface area contributed by atoms with E-state index in [4.69, 9.17) is 9.47 Å². The third-order valence-electron chi connectivity index (χ3n) is 5.83. The number of carbonyl (C=O) groups excluding carboxylic acids is 1. The predicted octanol–water partition coefficient (Wildman–Crippen LogP) is 5.68. The molecule has 0 spiro atoms. The van der Waals surface area contributed by atoms with Crippen molar-refractivity contribution in [1.82, 2.24) is 5.32 Å². The summed E-state index contributed by atoms with van der Waals surface area (Å²) in [6.45, 7) is 7.29. The first-order valence-electron chi connectivity index (χ1n) is 12.0. The maximum Gasteiger partial charge on any atom is 0.185 e. The van der Waals surface area contributed by atoms with Gasteiger partial charge in [0.2, 0.25) is 0 Å². The molecule has 0 heterocycles. The Hall–Kier alpha value is -3.41. The minimum atomic E-state index is -0.669. The number of aliphatic hydroxyl groups excluding tert-OH is 1. The van der Waals surface area contributed by atoms with Gasteiger partial charge in [-0.1, -0.05) is 67.6 Å². The lowest BCUT2D eigenvalue weighted by Crippen LogP contribution is -2.44. The molecule has 35 heavy (non-hydrogen) atoms. The molecule has 0 radical (unpaired) electrons. The maximum absolute atomic E-state index is 12.6. The van der Waals surface area contributed by atoms with Crippen LogP contribution in [-0.2, 0) is 6.61 Å². The molecule has 0 aromatic heterocycles. The van der Waals surface area contributed by atoms with Gasteiger partial charge in [-0.15, -0.1) is 0 Å². The lowest BCUT2D eigenvalue weighted by atomic mass is 10.0. The molecule has 0 saturated carbocycles. The van der Waals surface area contributed by atoms with E-state index in [0.29, 0.717) is 35.8 Å². The molecule has 3 aromatic carbocycles. The average Bonchev–Trinajstić information content (AvgIpc) is 2.89. The highest BCUT2D eigenvalue weighted by atomic mass is 16.5. The molecule has 0 fully saturated rings. The zero-order chi connectivity index (χ0) is 25.1. The van der Waals surface area contributed by atoms with E-state index in [2.05, 4.69) is 26.1 Å². The first-order chi connectivity index (χ1) is 16.9. The quantitative estimate of drug-likeness (QED) is 0.247. The van der Waals surface area contributed by atoms with Gasteiger partial charge in [-0.2, -0.15) is 0 Å². The number of hydrogen-bond acceptors (Lipinski definition) is 5. The Balaban J connectivity index is 1.72. The Morgan fingerprint density at radius 1 is 1.00 bits per heavy atom. The van der Waals surface area contributed by atoms with Crippen LogP contribution in [0.5, 0.6) is 11.5 Å². The highest BCUT2D eigenvalue weighted by Gasteiger charge is 2.16. The third-order valence-corrected chi connectivity index (χ3v) is 5.83. The van der Waals surface area contributed by atoms with Gasteiger partial charge in [0.25, 0.3) is 0 Å². The van der Waals surface area contributed by atoms with Gasteiger partial charge in [0, 0.05) is 23.2 Å². The Kier molecular flexibility index (Phi) is 9.65. The van der Waals surface area contributed by atoms with Gasteiger partial charge in [-0.25, -0.2) is 0 Å². The van der Waals surface area contributed by atoms with Crippen molar-refractivity contribution < 1.29 is 19.4 Å². The van der Waals surface area contributed by atoms with Gasteiger partial charge < -0.3 is 19.9 Å². The highest BCUT2D eigenvalue weighted by molar-refractivity contribution is 6.06. The number of rotatable bonds is 13. The Morgan fingerprint density at radius 2 is 1.69 bits per heavy atom. The average molecular weight is 474 g/mol.